The number of nitrogens with zero attached hydrogens (tertiary/aromatic N) is 3. The number of anilines is 1. The lowest BCUT2D eigenvalue weighted by atomic mass is 10.1. The molecular weight excluding hydrogens is 354 g/mol. The van der Waals surface area contributed by atoms with E-state index in [-0.39, 0.29) is 17.4 Å². The van der Waals surface area contributed by atoms with Crippen LogP contribution in [0.25, 0.3) is 16.7 Å². The van der Waals surface area contributed by atoms with E-state index in [9.17, 15) is 9.59 Å². The third kappa shape index (κ3) is 3.56. The van der Waals surface area contributed by atoms with Crippen molar-refractivity contribution >= 4 is 28.4 Å². The zero-order valence-corrected chi connectivity index (χ0v) is 17.1. The molecule has 3 rings (SSSR count). The average molecular weight is 382 g/mol. The highest BCUT2D eigenvalue weighted by Gasteiger charge is 2.25. The SMILES string of the molecule is Cc1cccn2c(=O)c3cc(C(=O)NCC(C)C)c(N)[n+](CC(C)C)c3nc12. The molecule has 1 amide bonds. The predicted octanol–water partition coefficient (Wildman–Crippen LogP) is 2.07. The normalized spacial score (nSPS) is 11.7. The number of carbonyl (C=O) groups is 1. The van der Waals surface area contributed by atoms with Crippen LogP contribution in [-0.2, 0) is 6.54 Å². The Morgan fingerprint density at radius 2 is 2.00 bits per heavy atom. The first-order valence-electron chi connectivity index (χ1n) is 9.63. The molecule has 7 nitrogen and oxygen atoms in total. The van der Waals surface area contributed by atoms with Crippen molar-refractivity contribution in [3.63, 3.8) is 0 Å². The highest BCUT2D eigenvalue weighted by molar-refractivity contribution is 6.00. The van der Waals surface area contributed by atoms with E-state index in [0.29, 0.717) is 47.1 Å². The molecule has 0 bridgehead atoms. The van der Waals surface area contributed by atoms with Gasteiger partial charge in [-0.15, -0.1) is 0 Å². The van der Waals surface area contributed by atoms with Crippen LogP contribution in [0.15, 0.2) is 29.2 Å². The predicted molar refractivity (Wildman–Crippen MR) is 110 cm³/mol. The number of hydrogen-bond acceptors (Lipinski definition) is 4. The lowest BCUT2D eigenvalue weighted by Crippen LogP contribution is -2.44. The van der Waals surface area contributed by atoms with E-state index < -0.39 is 0 Å². The third-order valence-corrected chi connectivity index (χ3v) is 4.64. The Morgan fingerprint density at radius 3 is 2.64 bits per heavy atom. The second kappa shape index (κ2) is 7.58. The van der Waals surface area contributed by atoms with Crippen LogP contribution in [0.4, 0.5) is 5.82 Å². The van der Waals surface area contributed by atoms with Gasteiger partial charge in [-0.05, 0) is 30.9 Å². The maximum atomic E-state index is 13.2. The molecule has 0 unspecified atom stereocenters. The Morgan fingerprint density at radius 1 is 1.29 bits per heavy atom. The molecule has 3 aromatic heterocycles. The number of amides is 1. The van der Waals surface area contributed by atoms with E-state index in [0.717, 1.165) is 5.56 Å². The van der Waals surface area contributed by atoms with Gasteiger partial charge in [0.2, 0.25) is 11.5 Å². The monoisotopic (exact) mass is 382 g/mol. The maximum absolute atomic E-state index is 13.2. The van der Waals surface area contributed by atoms with Crippen molar-refractivity contribution < 1.29 is 9.36 Å². The van der Waals surface area contributed by atoms with Crippen molar-refractivity contribution in [1.82, 2.24) is 14.7 Å². The molecular formula is C21H28N5O2+. The summed E-state index contributed by atoms with van der Waals surface area (Å²) in [6, 6.07) is 5.30. The first-order chi connectivity index (χ1) is 13.2. The highest BCUT2D eigenvalue weighted by atomic mass is 16.1. The molecule has 3 heterocycles. The third-order valence-electron chi connectivity index (χ3n) is 4.64. The summed E-state index contributed by atoms with van der Waals surface area (Å²) in [5.74, 6) is 0.626. The second-order valence-corrected chi connectivity index (χ2v) is 8.09. The molecule has 148 valence electrons. The fourth-order valence-electron chi connectivity index (χ4n) is 3.23. The van der Waals surface area contributed by atoms with Gasteiger partial charge in [0.1, 0.15) is 10.9 Å². The van der Waals surface area contributed by atoms with Crippen molar-refractivity contribution in [2.45, 2.75) is 41.2 Å². The molecule has 0 aliphatic carbocycles. The number of aryl methyl sites for hydroxylation is 1. The van der Waals surface area contributed by atoms with Gasteiger partial charge >= 0.3 is 0 Å². The van der Waals surface area contributed by atoms with Crippen molar-refractivity contribution in [2.75, 3.05) is 12.3 Å². The topological polar surface area (TPSA) is 93.4 Å². The van der Waals surface area contributed by atoms with Crippen LogP contribution in [0, 0.1) is 18.8 Å². The Bertz CT molecular complexity index is 1120. The number of rotatable bonds is 5. The largest absolute Gasteiger partial charge is 0.352 e. The van der Waals surface area contributed by atoms with Gasteiger partial charge in [0.05, 0.1) is 6.54 Å². The summed E-state index contributed by atoms with van der Waals surface area (Å²) in [7, 11) is 0. The Kier molecular flexibility index (Phi) is 5.36. The minimum Gasteiger partial charge on any atom is -0.352 e. The molecule has 0 fully saturated rings. The number of pyridine rings is 2. The molecule has 28 heavy (non-hydrogen) atoms. The van der Waals surface area contributed by atoms with Gasteiger partial charge in [-0.3, -0.25) is 14.0 Å². The van der Waals surface area contributed by atoms with Gasteiger partial charge in [-0.25, -0.2) is 4.57 Å². The highest BCUT2D eigenvalue weighted by Crippen LogP contribution is 2.16. The fraction of sp³-hybridized carbons (Fsp3) is 0.429. The summed E-state index contributed by atoms with van der Waals surface area (Å²) in [5, 5.41) is 3.27. The van der Waals surface area contributed by atoms with Gasteiger partial charge in [-0.1, -0.05) is 38.7 Å². The molecule has 7 heteroatoms. The summed E-state index contributed by atoms with van der Waals surface area (Å²) >= 11 is 0. The van der Waals surface area contributed by atoms with E-state index in [4.69, 9.17) is 10.7 Å². The van der Waals surface area contributed by atoms with Crippen LogP contribution < -0.4 is 21.2 Å². The van der Waals surface area contributed by atoms with Gasteiger partial charge in [0, 0.05) is 18.3 Å². The van der Waals surface area contributed by atoms with Crippen LogP contribution in [0.5, 0.6) is 0 Å². The van der Waals surface area contributed by atoms with Crippen LogP contribution >= 0.6 is 0 Å². The van der Waals surface area contributed by atoms with Crippen molar-refractivity contribution in [2.24, 2.45) is 11.8 Å². The lowest BCUT2D eigenvalue weighted by molar-refractivity contribution is -0.664. The maximum Gasteiger partial charge on any atom is 0.278 e. The summed E-state index contributed by atoms with van der Waals surface area (Å²) in [6.07, 6.45) is 1.69. The van der Waals surface area contributed by atoms with Crippen molar-refractivity contribution in [3.8, 4) is 0 Å². The Balaban J connectivity index is 2.34. The van der Waals surface area contributed by atoms with E-state index in [1.54, 1.807) is 16.8 Å². The van der Waals surface area contributed by atoms with E-state index in [2.05, 4.69) is 19.2 Å². The molecule has 0 aliphatic rings. The molecule has 0 aromatic carbocycles. The number of fused-ring (bicyclic) bond motifs is 2. The number of nitrogen functional groups attached to an aromatic ring is 1. The lowest BCUT2D eigenvalue weighted by Gasteiger charge is -2.14. The van der Waals surface area contributed by atoms with E-state index in [1.807, 2.05) is 32.9 Å². The Hall–Kier alpha value is -2.96. The number of hydrogen-bond donors (Lipinski definition) is 2. The van der Waals surface area contributed by atoms with Gasteiger partial charge < -0.3 is 11.1 Å². The quantitative estimate of drug-likeness (QED) is 0.522. The first-order valence-corrected chi connectivity index (χ1v) is 9.63. The number of carbonyl (C=O) groups excluding carboxylic acids is 1. The molecule has 0 aliphatic heterocycles. The minimum absolute atomic E-state index is 0.209. The van der Waals surface area contributed by atoms with E-state index in [1.165, 1.54) is 4.40 Å². The second-order valence-electron chi connectivity index (χ2n) is 8.09. The molecule has 0 spiro atoms. The minimum atomic E-state index is -0.278. The van der Waals surface area contributed by atoms with Crippen LogP contribution in [0.1, 0.15) is 43.6 Å². The summed E-state index contributed by atoms with van der Waals surface area (Å²) in [5.41, 5.74) is 8.48. The summed E-state index contributed by atoms with van der Waals surface area (Å²) in [6.45, 7) is 11.2. The zero-order chi connectivity index (χ0) is 20.6. The number of nitrogens with two attached hydrogens (primary N) is 1. The van der Waals surface area contributed by atoms with Gasteiger partial charge in [-0.2, -0.15) is 0 Å². The van der Waals surface area contributed by atoms with Gasteiger partial charge in [0.25, 0.3) is 17.1 Å². The molecule has 0 atom stereocenters. The van der Waals surface area contributed by atoms with Crippen molar-refractivity contribution in [1.29, 1.82) is 0 Å². The average Bonchev–Trinajstić information content (AvgIpc) is 2.63. The number of aromatic nitrogens is 3. The number of nitrogens with one attached hydrogen (secondary N) is 1. The van der Waals surface area contributed by atoms with Gasteiger partial charge in [0.15, 0.2) is 0 Å². The first kappa shape index (κ1) is 19.8. The zero-order valence-electron chi connectivity index (χ0n) is 17.1. The molecule has 3 aromatic rings. The van der Waals surface area contributed by atoms with Crippen molar-refractivity contribution in [3.05, 3.63) is 45.9 Å². The van der Waals surface area contributed by atoms with Crippen LogP contribution in [0.3, 0.4) is 0 Å². The summed E-state index contributed by atoms with van der Waals surface area (Å²) < 4.78 is 3.31. The standard InChI is InChI=1S/C21H27N5O2/c1-12(2)10-23-20(27)15-9-16-19(26(17(15)22)11-13(3)4)24-18-14(5)7-6-8-25(18)21(16)28/h6-9,12-13,22H,10-11H2,1-5H3,(H,23,27)/p+1. The van der Waals surface area contributed by atoms with Crippen LogP contribution in [-0.4, -0.2) is 21.8 Å². The Labute approximate surface area is 164 Å². The molecule has 0 radical (unpaired) electrons. The molecule has 3 N–H and O–H groups in total. The van der Waals surface area contributed by atoms with Crippen LogP contribution in [0.2, 0.25) is 0 Å². The molecule has 0 saturated carbocycles. The molecule has 0 saturated heterocycles. The smallest absolute Gasteiger partial charge is 0.278 e. The fourth-order valence-corrected chi connectivity index (χ4v) is 3.23. The van der Waals surface area contributed by atoms with E-state index >= 15 is 0 Å². The summed E-state index contributed by atoms with van der Waals surface area (Å²) in [4.78, 5) is 30.7.